The highest BCUT2D eigenvalue weighted by Gasteiger charge is 2.76. The number of carbonyl (C=O) groups is 4. The van der Waals surface area contributed by atoms with Gasteiger partial charge in [0.05, 0.1) is 47.8 Å². The number of halogens is 1. The number of esters is 1. The van der Waals surface area contributed by atoms with Crippen LogP contribution in [0, 0.1) is 17.8 Å². The summed E-state index contributed by atoms with van der Waals surface area (Å²) < 4.78 is 12.7. The molecule has 48 heavy (non-hydrogen) atoms. The lowest BCUT2D eigenvalue weighted by Gasteiger charge is -2.40. The normalized spacial score (nSPS) is 25.4. The first-order chi connectivity index (χ1) is 23.1. The minimum Gasteiger partial charge on any atom is -0.455 e. The van der Waals surface area contributed by atoms with Crippen LogP contribution in [0.1, 0.15) is 51.2 Å². The SMILES string of the molecule is C=CCCC(=O)NC[C@@H](OC(=O)[C@@H]1[C@@H]2CC[C@]3(O2)[C@H](C(=O)N(CC=C)c2ccccc2Cl)N([C@@H](CO)C(C)C)C(=O)[C@@H]13)c1ccccc1. The number of rotatable bonds is 15. The number of nitrogens with one attached hydrogen (secondary N) is 1. The van der Waals surface area contributed by atoms with Gasteiger partial charge in [-0.2, -0.15) is 0 Å². The van der Waals surface area contributed by atoms with Gasteiger partial charge in [-0.3, -0.25) is 19.2 Å². The summed E-state index contributed by atoms with van der Waals surface area (Å²) in [4.78, 5) is 59.0. The number of carbonyl (C=O) groups excluding carboxylic acids is 4. The van der Waals surface area contributed by atoms with Gasteiger partial charge in [-0.05, 0) is 42.9 Å². The topological polar surface area (TPSA) is 125 Å². The van der Waals surface area contributed by atoms with Crippen LogP contribution in [-0.2, 0) is 28.7 Å². The Morgan fingerprint density at radius 1 is 1.15 bits per heavy atom. The monoisotopic (exact) mass is 677 g/mol. The highest BCUT2D eigenvalue weighted by atomic mass is 35.5. The Morgan fingerprint density at radius 3 is 2.50 bits per heavy atom. The van der Waals surface area contributed by atoms with Gasteiger partial charge < -0.3 is 29.7 Å². The van der Waals surface area contributed by atoms with E-state index in [-0.39, 0.29) is 37.9 Å². The van der Waals surface area contributed by atoms with Gasteiger partial charge in [-0.15, -0.1) is 13.2 Å². The molecule has 0 aliphatic carbocycles. The number of fused-ring (bicyclic) bond motifs is 1. The van der Waals surface area contributed by atoms with E-state index in [4.69, 9.17) is 21.1 Å². The van der Waals surface area contributed by atoms with Gasteiger partial charge in [0.1, 0.15) is 17.7 Å². The fourth-order valence-corrected chi connectivity index (χ4v) is 7.75. The van der Waals surface area contributed by atoms with Crippen LogP contribution in [0.3, 0.4) is 0 Å². The smallest absolute Gasteiger partial charge is 0.313 e. The first-order valence-corrected chi connectivity index (χ1v) is 16.9. The summed E-state index contributed by atoms with van der Waals surface area (Å²) in [7, 11) is 0. The molecule has 2 aromatic rings. The molecule has 256 valence electrons. The van der Waals surface area contributed by atoms with Crippen molar-refractivity contribution < 1.29 is 33.8 Å². The van der Waals surface area contributed by atoms with Crippen molar-refractivity contribution in [2.75, 3.05) is 24.6 Å². The zero-order valence-electron chi connectivity index (χ0n) is 27.4. The molecule has 2 aromatic carbocycles. The van der Waals surface area contributed by atoms with E-state index in [1.54, 1.807) is 48.6 Å². The van der Waals surface area contributed by atoms with Crippen molar-refractivity contribution in [1.82, 2.24) is 10.2 Å². The van der Waals surface area contributed by atoms with Gasteiger partial charge in [-0.1, -0.05) is 80.1 Å². The van der Waals surface area contributed by atoms with Crippen LogP contribution in [0.15, 0.2) is 79.9 Å². The number of para-hydroxylation sites is 1. The molecule has 1 spiro atoms. The number of hydrogen-bond acceptors (Lipinski definition) is 7. The molecule has 3 fully saturated rings. The largest absolute Gasteiger partial charge is 0.455 e. The molecule has 2 N–H and O–H groups in total. The molecule has 0 unspecified atom stereocenters. The van der Waals surface area contributed by atoms with E-state index >= 15 is 0 Å². The zero-order chi connectivity index (χ0) is 34.6. The lowest BCUT2D eigenvalue weighted by molar-refractivity contribution is -0.161. The summed E-state index contributed by atoms with van der Waals surface area (Å²) in [5, 5.41) is 13.7. The molecule has 3 aliphatic heterocycles. The van der Waals surface area contributed by atoms with Crippen LogP contribution in [0.25, 0.3) is 0 Å². The van der Waals surface area contributed by atoms with Crippen molar-refractivity contribution >= 4 is 41.0 Å². The lowest BCUT2D eigenvalue weighted by Crippen LogP contribution is -2.59. The van der Waals surface area contributed by atoms with E-state index < -0.39 is 59.5 Å². The van der Waals surface area contributed by atoms with Crippen molar-refractivity contribution in [3.63, 3.8) is 0 Å². The van der Waals surface area contributed by atoms with E-state index in [9.17, 15) is 24.3 Å². The predicted molar refractivity (Wildman–Crippen MR) is 182 cm³/mol. The van der Waals surface area contributed by atoms with Crippen LogP contribution < -0.4 is 10.2 Å². The number of likely N-dealkylation sites (tertiary alicyclic amines) is 1. The number of aliphatic hydroxyl groups excluding tert-OH is 1. The quantitative estimate of drug-likeness (QED) is 0.208. The van der Waals surface area contributed by atoms with Crippen molar-refractivity contribution in [3.05, 3.63) is 90.5 Å². The van der Waals surface area contributed by atoms with Crippen LogP contribution in [0.4, 0.5) is 5.69 Å². The number of benzene rings is 2. The maximum Gasteiger partial charge on any atom is 0.313 e. The maximum atomic E-state index is 14.8. The molecule has 10 nitrogen and oxygen atoms in total. The molecule has 2 bridgehead atoms. The highest BCUT2D eigenvalue weighted by Crippen LogP contribution is 2.59. The van der Waals surface area contributed by atoms with Crippen LogP contribution in [0.5, 0.6) is 0 Å². The summed E-state index contributed by atoms with van der Waals surface area (Å²) in [6, 6.07) is 14.2. The molecule has 7 atom stereocenters. The summed E-state index contributed by atoms with van der Waals surface area (Å²) >= 11 is 6.56. The van der Waals surface area contributed by atoms with Gasteiger partial charge in [0.25, 0.3) is 5.91 Å². The number of ether oxygens (including phenoxy) is 2. The molecule has 0 aromatic heterocycles. The van der Waals surface area contributed by atoms with E-state index in [0.717, 1.165) is 0 Å². The number of allylic oxidation sites excluding steroid dienone is 1. The Balaban J connectivity index is 1.50. The number of anilines is 1. The van der Waals surface area contributed by atoms with Gasteiger partial charge >= 0.3 is 5.97 Å². The molecule has 3 aliphatic rings. The molecule has 0 saturated carbocycles. The Morgan fingerprint density at radius 2 is 1.85 bits per heavy atom. The number of nitrogens with zero attached hydrogens (tertiary/aromatic N) is 2. The van der Waals surface area contributed by atoms with E-state index in [1.165, 1.54) is 9.80 Å². The third-order valence-electron chi connectivity index (χ3n) is 9.77. The number of hydrogen-bond donors (Lipinski definition) is 2. The standard InChI is InChI=1S/C37H44ClN3O7/c1-5-7-17-30(43)39-21-29(24-13-9-8-10-14-24)47-36(46)31-28-18-19-37(48-28)32(31)34(44)41(27(22-42)23(3)4)33(37)35(45)40(20-6-2)26-16-12-11-15-25(26)38/h5-6,8-16,23,27-29,31-33,42H,1-2,7,17-22H2,3-4H3,(H,39,43)/t27-,28-,29+,31+,32+,33-,37+/m0/s1. The van der Waals surface area contributed by atoms with E-state index in [1.807, 2.05) is 32.0 Å². The molecule has 11 heteroatoms. The average molecular weight is 678 g/mol. The third-order valence-corrected chi connectivity index (χ3v) is 10.1. The van der Waals surface area contributed by atoms with Gasteiger partial charge in [-0.25, -0.2) is 0 Å². The fourth-order valence-electron chi connectivity index (χ4n) is 7.51. The second-order valence-electron chi connectivity index (χ2n) is 13.0. The molecule has 3 amide bonds. The molecule has 0 radical (unpaired) electrons. The second-order valence-corrected chi connectivity index (χ2v) is 13.4. The first-order valence-electron chi connectivity index (χ1n) is 16.5. The van der Waals surface area contributed by atoms with Crippen LogP contribution >= 0.6 is 11.6 Å². The maximum absolute atomic E-state index is 14.8. The van der Waals surface area contributed by atoms with Crippen molar-refractivity contribution in [2.45, 2.75) is 69.4 Å². The number of amides is 3. The minimum absolute atomic E-state index is 0.0370. The summed E-state index contributed by atoms with van der Waals surface area (Å²) in [5.41, 5.74) is -0.195. The Hall–Kier alpha value is -3.99. The van der Waals surface area contributed by atoms with Crippen molar-refractivity contribution in [2.24, 2.45) is 17.8 Å². The molecular formula is C37H44ClN3O7. The van der Waals surface area contributed by atoms with Gasteiger partial charge in [0.15, 0.2) is 0 Å². The number of aliphatic hydroxyl groups is 1. The van der Waals surface area contributed by atoms with Crippen LogP contribution in [-0.4, -0.2) is 77.2 Å². The zero-order valence-corrected chi connectivity index (χ0v) is 28.2. The Bertz CT molecular complexity index is 1530. The van der Waals surface area contributed by atoms with E-state index in [2.05, 4.69) is 18.5 Å². The first kappa shape index (κ1) is 35.3. The minimum atomic E-state index is -1.33. The summed E-state index contributed by atoms with van der Waals surface area (Å²) in [6.45, 7) is 11.0. The molecule has 3 heterocycles. The van der Waals surface area contributed by atoms with Gasteiger partial charge in [0, 0.05) is 13.0 Å². The third kappa shape index (κ3) is 6.53. The molecule has 3 saturated heterocycles. The average Bonchev–Trinajstić information content (AvgIpc) is 3.73. The molecular weight excluding hydrogens is 634 g/mol. The van der Waals surface area contributed by atoms with Crippen LogP contribution in [0.2, 0.25) is 5.02 Å². The van der Waals surface area contributed by atoms with Crippen molar-refractivity contribution in [3.8, 4) is 0 Å². The van der Waals surface area contributed by atoms with Crippen molar-refractivity contribution in [1.29, 1.82) is 0 Å². The predicted octanol–water partition coefficient (Wildman–Crippen LogP) is 4.62. The summed E-state index contributed by atoms with van der Waals surface area (Å²) in [5.74, 6) is -3.93. The second kappa shape index (κ2) is 15.1. The lowest BCUT2D eigenvalue weighted by atomic mass is 9.70. The van der Waals surface area contributed by atoms with E-state index in [0.29, 0.717) is 35.5 Å². The Labute approximate surface area is 286 Å². The molecule has 5 rings (SSSR count). The summed E-state index contributed by atoms with van der Waals surface area (Å²) in [6.07, 6.45) is 3.33. The Kier molecular flexibility index (Phi) is 11.1. The highest BCUT2D eigenvalue weighted by molar-refractivity contribution is 6.34. The van der Waals surface area contributed by atoms with Gasteiger partial charge in [0.2, 0.25) is 11.8 Å². The fraction of sp³-hybridized carbons (Fsp3) is 0.459.